The van der Waals surface area contributed by atoms with Gasteiger partial charge in [0.1, 0.15) is 5.54 Å². The molecule has 1 rings (SSSR count). The van der Waals surface area contributed by atoms with E-state index < -0.39 is 11.5 Å². The fourth-order valence-corrected chi connectivity index (χ4v) is 1.99. The van der Waals surface area contributed by atoms with Crippen molar-refractivity contribution in [1.82, 2.24) is 5.32 Å². The number of benzene rings is 1. The van der Waals surface area contributed by atoms with Gasteiger partial charge in [0.05, 0.1) is 0 Å². The molecule has 0 heterocycles. The average molecular weight is 249 g/mol. The second-order valence-electron chi connectivity index (χ2n) is 5.11. The van der Waals surface area contributed by atoms with E-state index in [0.29, 0.717) is 5.92 Å². The van der Waals surface area contributed by atoms with Crippen LogP contribution in [0.5, 0.6) is 0 Å². The molecule has 0 saturated heterocycles. The summed E-state index contributed by atoms with van der Waals surface area (Å²) in [5.74, 6) is -0.406. The minimum Gasteiger partial charge on any atom is -0.480 e. The SMILES string of the molecule is CCC(C)C(C)NC(C)(C(=O)O)c1ccccc1. The maximum absolute atomic E-state index is 11.6. The summed E-state index contributed by atoms with van der Waals surface area (Å²) in [5, 5.41) is 12.8. The van der Waals surface area contributed by atoms with Gasteiger partial charge >= 0.3 is 5.97 Å². The number of carboxylic acid groups (broad SMARTS) is 1. The van der Waals surface area contributed by atoms with Crippen LogP contribution in [-0.4, -0.2) is 17.1 Å². The Bertz CT molecular complexity index is 391. The van der Waals surface area contributed by atoms with Crippen molar-refractivity contribution >= 4 is 5.97 Å². The van der Waals surface area contributed by atoms with E-state index in [-0.39, 0.29) is 6.04 Å². The van der Waals surface area contributed by atoms with Crippen molar-refractivity contribution in [1.29, 1.82) is 0 Å². The predicted octanol–water partition coefficient (Wildman–Crippen LogP) is 3.01. The number of carbonyl (C=O) groups is 1. The van der Waals surface area contributed by atoms with Gasteiger partial charge in [-0.05, 0) is 25.3 Å². The minimum absolute atomic E-state index is 0.149. The first-order chi connectivity index (χ1) is 8.41. The number of rotatable bonds is 6. The van der Waals surface area contributed by atoms with Gasteiger partial charge in [-0.2, -0.15) is 0 Å². The lowest BCUT2D eigenvalue weighted by molar-refractivity contribution is -0.145. The molecule has 0 aliphatic rings. The van der Waals surface area contributed by atoms with Crippen LogP contribution < -0.4 is 5.32 Å². The standard InChI is InChI=1S/C15H23NO2/c1-5-11(2)12(3)16-15(4,14(17)18)13-9-7-6-8-10-13/h6-12,16H,5H2,1-4H3,(H,17,18). The largest absolute Gasteiger partial charge is 0.480 e. The third-order valence-corrected chi connectivity index (χ3v) is 3.79. The van der Waals surface area contributed by atoms with Crippen LogP contribution in [0, 0.1) is 5.92 Å². The van der Waals surface area contributed by atoms with E-state index in [1.54, 1.807) is 6.92 Å². The van der Waals surface area contributed by atoms with E-state index in [2.05, 4.69) is 19.2 Å². The molecule has 18 heavy (non-hydrogen) atoms. The maximum Gasteiger partial charge on any atom is 0.328 e. The Hall–Kier alpha value is -1.35. The van der Waals surface area contributed by atoms with Gasteiger partial charge in [-0.3, -0.25) is 5.32 Å². The molecule has 0 amide bonds. The van der Waals surface area contributed by atoms with Gasteiger partial charge in [-0.15, -0.1) is 0 Å². The van der Waals surface area contributed by atoms with Gasteiger partial charge in [0.15, 0.2) is 0 Å². The highest BCUT2D eigenvalue weighted by Crippen LogP contribution is 2.23. The predicted molar refractivity (Wildman–Crippen MR) is 73.5 cm³/mol. The van der Waals surface area contributed by atoms with E-state index in [1.807, 2.05) is 37.3 Å². The fourth-order valence-electron chi connectivity index (χ4n) is 1.99. The lowest BCUT2D eigenvalue weighted by atomic mass is 9.89. The molecule has 3 unspecified atom stereocenters. The van der Waals surface area contributed by atoms with Crippen molar-refractivity contribution in [2.45, 2.75) is 45.7 Å². The van der Waals surface area contributed by atoms with Crippen LogP contribution >= 0.6 is 0 Å². The Balaban J connectivity index is 2.99. The van der Waals surface area contributed by atoms with Crippen molar-refractivity contribution in [2.75, 3.05) is 0 Å². The summed E-state index contributed by atoms with van der Waals surface area (Å²) in [5.41, 5.74) is -0.253. The van der Waals surface area contributed by atoms with Crippen LogP contribution in [0.25, 0.3) is 0 Å². The second kappa shape index (κ2) is 6.01. The quantitative estimate of drug-likeness (QED) is 0.814. The van der Waals surface area contributed by atoms with Gasteiger partial charge in [0, 0.05) is 6.04 Å². The van der Waals surface area contributed by atoms with Crippen molar-refractivity contribution in [3.8, 4) is 0 Å². The van der Waals surface area contributed by atoms with Gasteiger partial charge in [0.2, 0.25) is 0 Å². The highest BCUT2D eigenvalue weighted by atomic mass is 16.4. The van der Waals surface area contributed by atoms with Crippen LogP contribution in [0.1, 0.15) is 39.7 Å². The number of carboxylic acids is 1. The molecule has 1 aromatic carbocycles. The zero-order valence-corrected chi connectivity index (χ0v) is 11.6. The number of nitrogens with one attached hydrogen (secondary N) is 1. The lowest BCUT2D eigenvalue weighted by Crippen LogP contribution is -2.52. The molecule has 0 aromatic heterocycles. The molecule has 1 aromatic rings. The third-order valence-electron chi connectivity index (χ3n) is 3.79. The highest BCUT2D eigenvalue weighted by molar-refractivity contribution is 5.80. The first kappa shape index (κ1) is 14.7. The summed E-state index contributed by atoms with van der Waals surface area (Å²) in [7, 11) is 0. The molecular weight excluding hydrogens is 226 g/mol. The van der Waals surface area contributed by atoms with E-state index in [9.17, 15) is 9.90 Å². The van der Waals surface area contributed by atoms with Crippen molar-refractivity contribution in [2.24, 2.45) is 5.92 Å². The summed E-state index contributed by atoms with van der Waals surface area (Å²) >= 11 is 0. The van der Waals surface area contributed by atoms with Crippen LogP contribution in [0.2, 0.25) is 0 Å². The number of aliphatic carboxylic acids is 1. The Morgan fingerprint density at radius 1 is 1.33 bits per heavy atom. The van der Waals surface area contributed by atoms with Crippen molar-refractivity contribution < 1.29 is 9.90 Å². The van der Waals surface area contributed by atoms with Crippen LogP contribution in [0.4, 0.5) is 0 Å². The van der Waals surface area contributed by atoms with E-state index in [1.165, 1.54) is 0 Å². The molecular formula is C15H23NO2. The molecule has 0 aliphatic heterocycles. The zero-order valence-electron chi connectivity index (χ0n) is 11.6. The Morgan fingerprint density at radius 3 is 2.33 bits per heavy atom. The Morgan fingerprint density at radius 2 is 1.89 bits per heavy atom. The molecule has 100 valence electrons. The molecule has 3 heteroatoms. The summed E-state index contributed by atoms with van der Waals surface area (Å²) in [6.45, 7) is 8.01. The normalized spacial score (nSPS) is 17.8. The van der Waals surface area contributed by atoms with Gasteiger partial charge in [-0.25, -0.2) is 4.79 Å². The smallest absolute Gasteiger partial charge is 0.328 e. The second-order valence-corrected chi connectivity index (χ2v) is 5.11. The highest BCUT2D eigenvalue weighted by Gasteiger charge is 2.36. The Labute approximate surface area is 109 Å². The van der Waals surface area contributed by atoms with Crippen LogP contribution in [0.3, 0.4) is 0 Å². The van der Waals surface area contributed by atoms with Crippen LogP contribution in [0.15, 0.2) is 30.3 Å². The van der Waals surface area contributed by atoms with Crippen molar-refractivity contribution in [3.63, 3.8) is 0 Å². The molecule has 0 saturated carbocycles. The van der Waals surface area contributed by atoms with Gasteiger partial charge in [0.25, 0.3) is 0 Å². The monoisotopic (exact) mass is 249 g/mol. The summed E-state index contributed by atoms with van der Waals surface area (Å²) in [6, 6.07) is 9.48. The molecule has 0 spiro atoms. The minimum atomic E-state index is -1.04. The molecule has 0 bridgehead atoms. The summed E-state index contributed by atoms with van der Waals surface area (Å²) in [4.78, 5) is 11.6. The third kappa shape index (κ3) is 3.10. The van der Waals surface area contributed by atoms with E-state index in [4.69, 9.17) is 0 Å². The Kier molecular flexibility index (Phi) is 4.91. The number of hydrogen-bond donors (Lipinski definition) is 2. The van der Waals surface area contributed by atoms with E-state index >= 15 is 0 Å². The van der Waals surface area contributed by atoms with Gasteiger partial charge in [-0.1, -0.05) is 50.6 Å². The number of hydrogen-bond acceptors (Lipinski definition) is 2. The van der Waals surface area contributed by atoms with E-state index in [0.717, 1.165) is 12.0 Å². The average Bonchev–Trinajstić information content (AvgIpc) is 2.38. The molecule has 0 aliphatic carbocycles. The molecule has 3 nitrogen and oxygen atoms in total. The van der Waals surface area contributed by atoms with Gasteiger partial charge < -0.3 is 5.11 Å². The first-order valence-electron chi connectivity index (χ1n) is 6.48. The molecule has 0 fully saturated rings. The summed E-state index contributed by atoms with van der Waals surface area (Å²) in [6.07, 6.45) is 1.03. The van der Waals surface area contributed by atoms with Crippen LogP contribution in [-0.2, 0) is 10.3 Å². The summed E-state index contributed by atoms with van der Waals surface area (Å²) < 4.78 is 0. The molecule has 0 radical (unpaired) electrons. The fraction of sp³-hybridized carbons (Fsp3) is 0.533. The first-order valence-corrected chi connectivity index (χ1v) is 6.48. The topological polar surface area (TPSA) is 49.3 Å². The molecule has 2 N–H and O–H groups in total. The maximum atomic E-state index is 11.6. The lowest BCUT2D eigenvalue weighted by Gasteiger charge is -2.33. The molecule has 3 atom stereocenters. The van der Waals surface area contributed by atoms with Crippen molar-refractivity contribution in [3.05, 3.63) is 35.9 Å². The zero-order chi connectivity index (χ0) is 13.8.